The molecule has 1 aliphatic heterocycles. The zero-order chi connectivity index (χ0) is 17.8. The minimum Gasteiger partial charge on any atom is -0.376 e. The lowest BCUT2D eigenvalue weighted by molar-refractivity contribution is 0.0955. The van der Waals surface area contributed by atoms with Crippen LogP contribution in [0.25, 0.3) is 10.2 Å². The number of amides is 1. The molecule has 0 saturated carbocycles. The van der Waals surface area contributed by atoms with Crippen molar-refractivity contribution in [3.63, 3.8) is 0 Å². The van der Waals surface area contributed by atoms with Crippen molar-refractivity contribution in [2.75, 3.05) is 25.0 Å². The van der Waals surface area contributed by atoms with E-state index in [1.54, 1.807) is 6.33 Å². The Kier molecular flexibility index (Phi) is 5.86. The number of aromatic nitrogens is 2. The Hall–Kier alpha value is -1.73. The third-order valence-electron chi connectivity index (χ3n) is 4.46. The number of nitrogens with one attached hydrogen (secondary N) is 2. The van der Waals surface area contributed by atoms with Crippen LogP contribution in [0.3, 0.4) is 0 Å². The van der Waals surface area contributed by atoms with E-state index in [9.17, 15) is 4.79 Å². The van der Waals surface area contributed by atoms with Gasteiger partial charge in [-0.05, 0) is 37.7 Å². The number of aryl methyl sites for hydroxylation is 1. The minimum absolute atomic E-state index is 0.0220. The maximum Gasteiger partial charge on any atom is 0.261 e. The fraction of sp³-hybridized carbons (Fsp3) is 0.611. The van der Waals surface area contributed by atoms with Gasteiger partial charge in [-0.1, -0.05) is 13.8 Å². The van der Waals surface area contributed by atoms with E-state index in [1.165, 1.54) is 11.3 Å². The van der Waals surface area contributed by atoms with Gasteiger partial charge in [0.25, 0.3) is 5.91 Å². The Labute approximate surface area is 152 Å². The summed E-state index contributed by atoms with van der Waals surface area (Å²) in [7, 11) is 0. The number of anilines is 1. The lowest BCUT2D eigenvalue weighted by atomic mass is 10.1. The van der Waals surface area contributed by atoms with Gasteiger partial charge in [-0.3, -0.25) is 4.79 Å². The summed E-state index contributed by atoms with van der Waals surface area (Å²) in [5.74, 6) is 1.34. The normalized spacial score (nSPS) is 17.4. The topological polar surface area (TPSA) is 76.1 Å². The summed E-state index contributed by atoms with van der Waals surface area (Å²) in [6.45, 7) is 8.54. The maximum atomic E-state index is 12.5. The van der Waals surface area contributed by atoms with Crippen molar-refractivity contribution in [3.05, 3.63) is 16.8 Å². The molecule has 2 aromatic heterocycles. The van der Waals surface area contributed by atoms with Gasteiger partial charge in [0.2, 0.25) is 0 Å². The second kappa shape index (κ2) is 8.10. The van der Waals surface area contributed by atoms with Gasteiger partial charge in [-0.2, -0.15) is 0 Å². The molecule has 1 atom stereocenters. The molecule has 0 radical (unpaired) electrons. The number of hydrogen-bond acceptors (Lipinski definition) is 6. The van der Waals surface area contributed by atoms with Gasteiger partial charge in [0.15, 0.2) is 0 Å². The summed E-state index contributed by atoms with van der Waals surface area (Å²) in [6, 6.07) is 0. The van der Waals surface area contributed by atoms with Gasteiger partial charge in [-0.15, -0.1) is 11.3 Å². The van der Waals surface area contributed by atoms with Crippen molar-refractivity contribution < 1.29 is 9.53 Å². The highest BCUT2D eigenvalue weighted by molar-refractivity contribution is 7.20. The SMILES string of the molecule is Cc1c(C(=O)NCCC(C)C)sc2ncnc(NCC3CCCO3)c12. The highest BCUT2D eigenvalue weighted by atomic mass is 32.1. The van der Waals surface area contributed by atoms with Crippen LogP contribution in [0, 0.1) is 12.8 Å². The molecule has 0 aliphatic carbocycles. The Morgan fingerprint density at radius 3 is 3.00 bits per heavy atom. The predicted molar refractivity (Wildman–Crippen MR) is 101 cm³/mol. The second-order valence-electron chi connectivity index (χ2n) is 6.91. The second-order valence-corrected chi connectivity index (χ2v) is 7.91. The number of fused-ring (bicyclic) bond motifs is 1. The van der Waals surface area contributed by atoms with Crippen molar-refractivity contribution in [1.82, 2.24) is 15.3 Å². The number of hydrogen-bond donors (Lipinski definition) is 2. The number of ether oxygens (including phenoxy) is 1. The van der Waals surface area contributed by atoms with E-state index >= 15 is 0 Å². The largest absolute Gasteiger partial charge is 0.376 e. The molecule has 2 aromatic rings. The fourth-order valence-corrected chi connectivity index (χ4v) is 4.06. The van der Waals surface area contributed by atoms with E-state index in [-0.39, 0.29) is 12.0 Å². The van der Waals surface area contributed by atoms with Crippen molar-refractivity contribution in [1.29, 1.82) is 0 Å². The van der Waals surface area contributed by atoms with Gasteiger partial charge in [0, 0.05) is 19.7 Å². The molecule has 25 heavy (non-hydrogen) atoms. The summed E-state index contributed by atoms with van der Waals surface area (Å²) in [5.41, 5.74) is 0.942. The van der Waals surface area contributed by atoms with Crippen LogP contribution in [0.1, 0.15) is 48.3 Å². The van der Waals surface area contributed by atoms with Crippen LogP contribution >= 0.6 is 11.3 Å². The third kappa shape index (κ3) is 4.27. The molecule has 3 heterocycles. The summed E-state index contributed by atoms with van der Waals surface area (Å²) >= 11 is 1.43. The zero-order valence-electron chi connectivity index (χ0n) is 15.1. The molecule has 1 amide bonds. The molecule has 2 N–H and O–H groups in total. The molecule has 136 valence electrons. The first-order chi connectivity index (χ1) is 12.1. The summed E-state index contributed by atoms with van der Waals surface area (Å²) in [4.78, 5) is 22.8. The van der Waals surface area contributed by atoms with E-state index in [0.717, 1.165) is 58.9 Å². The zero-order valence-corrected chi connectivity index (χ0v) is 15.9. The van der Waals surface area contributed by atoms with Crippen molar-refractivity contribution in [3.8, 4) is 0 Å². The first-order valence-corrected chi connectivity index (χ1v) is 9.75. The maximum absolute atomic E-state index is 12.5. The number of carbonyl (C=O) groups excluding carboxylic acids is 1. The molecule has 0 aromatic carbocycles. The average molecular weight is 362 g/mol. The lowest BCUT2D eigenvalue weighted by Gasteiger charge is -2.12. The predicted octanol–water partition coefficient (Wildman–Crippen LogP) is 3.37. The van der Waals surface area contributed by atoms with E-state index < -0.39 is 0 Å². The van der Waals surface area contributed by atoms with E-state index in [0.29, 0.717) is 12.5 Å². The first kappa shape index (κ1) is 18.1. The van der Waals surface area contributed by atoms with Crippen molar-refractivity contribution in [2.24, 2.45) is 5.92 Å². The van der Waals surface area contributed by atoms with Gasteiger partial charge in [0.1, 0.15) is 17.0 Å². The van der Waals surface area contributed by atoms with Crippen LogP contribution in [-0.4, -0.2) is 41.7 Å². The summed E-state index contributed by atoms with van der Waals surface area (Å²) in [6.07, 6.45) is 4.96. The number of carbonyl (C=O) groups is 1. The highest BCUT2D eigenvalue weighted by Crippen LogP contribution is 2.33. The van der Waals surface area contributed by atoms with E-state index in [2.05, 4.69) is 34.4 Å². The summed E-state index contributed by atoms with van der Waals surface area (Å²) in [5, 5.41) is 7.33. The standard InChI is InChI=1S/C18H26N4O2S/c1-11(2)6-7-19-17(23)15-12(3)14-16(21-10-22-18(14)25-15)20-9-13-5-4-8-24-13/h10-11,13H,4-9H2,1-3H3,(H,19,23)(H,20,21,22). The van der Waals surface area contributed by atoms with Gasteiger partial charge < -0.3 is 15.4 Å². The van der Waals surface area contributed by atoms with Gasteiger partial charge in [0.05, 0.1) is 16.4 Å². The molecule has 6 nitrogen and oxygen atoms in total. The van der Waals surface area contributed by atoms with Crippen molar-refractivity contribution >= 4 is 33.3 Å². The average Bonchev–Trinajstić information content (AvgIpc) is 3.21. The molecular formula is C18H26N4O2S. The Morgan fingerprint density at radius 1 is 1.44 bits per heavy atom. The summed E-state index contributed by atoms with van der Waals surface area (Å²) < 4.78 is 5.66. The van der Waals surface area contributed by atoms with Crippen LogP contribution in [0.15, 0.2) is 6.33 Å². The number of nitrogens with zero attached hydrogens (tertiary/aromatic N) is 2. The molecule has 1 fully saturated rings. The molecular weight excluding hydrogens is 336 g/mol. The molecule has 1 aliphatic rings. The molecule has 7 heteroatoms. The Balaban J connectivity index is 1.76. The van der Waals surface area contributed by atoms with E-state index in [1.807, 2.05) is 6.92 Å². The molecule has 0 spiro atoms. The molecule has 0 bridgehead atoms. The monoisotopic (exact) mass is 362 g/mol. The molecule has 1 unspecified atom stereocenters. The van der Waals surface area contributed by atoms with Crippen LogP contribution in [0.4, 0.5) is 5.82 Å². The van der Waals surface area contributed by atoms with Crippen molar-refractivity contribution in [2.45, 2.75) is 46.1 Å². The first-order valence-electron chi connectivity index (χ1n) is 8.94. The van der Waals surface area contributed by atoms with Crippen LogP contribution < -0.4 is 10.6 Å². The smallest absolute Gasteiger partial charge is 0.261 e. The quantitative estimate of drug-likeness (QED) is 0.790. The van der Waals surface area contributed by atoms with Crippen LogP contribution in [0.2, 0.25) is 0 Å². The molecule has 3 rings (SSSR count). The lowest BCUT2D eigenvalue weighted by Crippen LogP contribution is -2.25. The fourth-order valence-electron chi connectivity index (χ4n) is 2.99. The Morgan fingerprint density at radius 2 is 2.28 bits per heavy atom. The number of thiophene rings is 1. The van der Waals surface area contributed by atoms with E-state index in [4.69, 9.17) is 4.74 Å². The molecule has 1 saturated heterocycles. The Bertz CT molecular complexity index is 738. The number of rotatable bonds is 7. The van der Waals surface area contributed by atoms with Crippen LogP contribution in [0.5, 0.6) is 0 Å². The third-order valence-corrected chi connectivity index (χ3v) is 5.66. The van der Waals surface area contributed by atoms with Gasteiger partial charge in [-0.25, -0.2) is 9.97 Å². The van der Waals surface area contributed by atoms with Crippen LogP contribution in [-0.2, 0) is 4.74 Å². The minimum atomic E-state index is -0.0220. The van der Waals surface area contributed by atoms with Gasteiger partial charge >= 0.3 is 0 Å². The highest BCUT2D eigenvalue weighted by Gasteiger charge is 2.20.